The Morgan fingerprint density at radius 3 is 2.59 bits per heavy atom. The first-order chi connectivity index (χ1) is 10.8. The summed E-state index contributed by atoms with van der Waals surface area (Å²) in [6, 6.07) is 17.0. The van der Waals surface area contributed by atoms with Crippen molar-refractivity contribution < 1.29 is 8.83 Å². The number of hydrogen-bond acceptors (Lipinski definition) is 4. The summed E-state index contributed by atoms with van der Waals surface area (Å²) in [5.41, 5.74) is 2.24. The highest BCUT2D eigenvalue weighted by Gasteiger charge is 2.12. The lowest BCUT2D eigenvalue weighted by Crippen LogP contribution is -2.14. The van der Waals surface area contributed by atoms with E-state index in [1.165, 1.54) is 4.57 Å². The zero-order chi connectivity index (χ0) is 14.9. The van der Waals surface area contributed by atoms with Crippen LogP contribution < -0.4 is 5.76 Å². The van der Waals surface area contributed by atoms with Crippen LogP contribution in [0.4, 0.5) is 0 Å². The van der Waals surface area contributed by atoms with E-state index in [2.05, 4.69) is 4.98 Å². The number of oxazole rings is 2. The Labute approximate surface area is 125 Å². The van der Waals surface area contributed by atoms with Crippen LogP contribution in [0.2, 0.25) is 0 Å². The first kappa shape index (κ1) is 12.6. The van der Waals surface area contributed by atoms with Crippen molar-refractivity contribution in [1.82, 2.24) is 9.55 Å². The maximum absolute atomic E-state index is 11.9. The molecule has 5 heteroatoms. The molecule has 0 saturated carbocycles. The van der Waals surface area contributed by atoms with Crippen molar-refractivity contribution in [3.05, 3.63) is 77.2 Å². The number of fused-ring (bicyclic) bond motifs is 1. The van der Waals surface area contributed by atoms with Crippen molar-refractivity contribution in [3.63, 3.8) is 0 Å². The number of rotatable bonds is 3. The minimum absolute atomic E-state index is 0.239. The van der Waals surface area contributed by atoms with E-state index < -0.39 is 5.76 Å². The molecule has 0 aliphatic carbocycles. The molecule has 0 fully saturated rings. The third-order valence-corrected chi connectivity index (χ3v) is 3.48. The van der Waals surface area contributed by atoms with Crippen LogP contribution in [-0.2, 0) is 6.54 Å². The third kappa shape index (κ3) is 2.13. The summed E-state index contributed by atoms with van der Waals surface area (Å²) in [5.74, 6) is 0.726. The van der Waals surface area contributed by atoms with Gasteiger partial charge in [-0.2, -0.15) is 0 Å². The van der Waals surface area contributed by atoms with Crippen molar-refractivity contribution in [2.75, 3.05) is 0 Å². The Bertz CT molecular complexity index is 980. The molecule has 0 aliphatic heterocycles. The Hall–Kier alpha value is -3.08. The Morgan fingerprint density at radius 2 is 1.73 bits per heavy atom. The molecule has 4 aromatic rings. The number of nitrogens with zero attached hydrogens (tertiary/aromatic N) is 2. The highest BCUT2D eigenvalue weighted by molar-refractivity contribution is 5.72. The Balaban J connectivity index is 1.71. The van der Waals surface area contributed by atoms with Crippen LogP contribution in [-0.4, -0.2) is 9.55 Å². The molecule has 108 valence electrons. The number of para-hydroxylation sites is 2. The van der Waals surface area contributed by atoms with Gasteiger partial charge in [-0.25, -0.2) is 9.78 Å². The molecular weight excluding hydrogens is 280 g/mol. The number of benzene rings is 2. The molecule has 0 saturated heterocycles. The monoisotopic (exact) mass is 292 g/mol. The molecule has 0 radical (unpaired) electrons. The highest BCUT2D eigenvalue weighted by atomic mass is 16.4. The van der Waals surface area contributed by atoms with Gasteiger partial charge in [0.15, 0.2) is 11.3 Å². The van der Waals surface area contributed by atoms with Crippen LogP contribution in [0.15, 0.2) is 74.4 Å². The van der Waals surface area contributed by atoms with Crippen molar-refractivity contribution in [2.45, 2.75) is 6.54 Å². The Morgan fingerprint density at radius 1 is 0.955 bits per heavy atom. The second-order valence-corrected chi connectivity index (χ2v) is 4.91. The summed E-state index contributed by atoms with van der Waals surface area (Å²) in [6.07, 6.45) is 1.66. The van der Waals surface area contributed by atoms with Crippen molar-refractivity contribution in [3.8, 4) is 11.3 Å². The minimum Gasteiger partial charge on any atom is -0.439 e. The van der Waals surface area contributed by atoms with Gasteiger partial charge in [-0.1, -0.05) is 42.5 Å². The largest absolute Gasteiger partial charge is 0.439 e. The van der Waals surface area contributed by atoms with E-state index in [-0.39, 0.29) is 6.54 Å². The molecule has 0 bridgehead atoms. The van der Waals surface area contributed by atoms with Gasteiger partial charge in [-0.3, -0.25) is 4.57 Å². The zero-order valence-corrected chi connectivity index (χ0v) is 11.6. The van der Waals surface area contributed by atoms with Gasteiger partial charge in [0.1, 0.15) is 6.54 Å². The fourth-order valence-corrected chi connectivity index (χ4v) is 2.42. The van der Waals surface area contributed by atoms with Crippen molar-refractivity contribution in [2.24, 2.45) is 0 Å². The van der Waals surface area contributed by atoms with Gasteiger partial charge < -0.3 is 8.83 Å². The van der Waals surface area contributed by atoms with Gasteiger partial charge in [0.25, 0.3) is 0 Å². The second kappa shape index (κ2) is 5.04. The predicted octanol–water partition coefficient (Wildman–Crippen LogP) is 3.30. The predicted molar refractivity (Wildman–Crippen MR) is 81.5 cm³/mol. The third-order valence-electron chi connectivity index (χ3n) is 3.48. The first-order valence-corrected chi connectivity index (χ1v) is 6.90. The molecular formula is C17H12N2O3. The van der Waals surface area contributed by atoms with E-state index in [0.717, 1.165) is 11.1 Å². The normalized spacial score (nSPS) is 11.1. The summed E-state index contributed by atoms with van der Waals surface area (Å²) in [6.45, 7) is 0.239. The molecule has 2 aromatic carbocycles. The number of aromatic nitrogens is 2. The average Bonchev–Trinajstić information content (AvgIpc) is 3.14. The van der Waals surface area contributed by atoms with Crippen LogP contribution in [0.25, 0.3) is 22.4 Å². The summed E-state index contributed by atoms with van der Waals surface area (Å²) in [5, 5.41) is 0. The van der Waals surface area contributed by atoms with Gasteiger partial charge in [-0.15, -0.1) is 0 Å². The van der Waals surface area contributed by atoms with Gasteiger partial charge in [0.05, 0.1) is 11.7 Å². The van der Waals surface area contributed by atoms with Crippen molar-refractivity contribution in [1.29, 1.82) is 0 Å². The molecule has 0 unspecified atom stereocenters. The molecule has 0 atom stereocenters. The van der Waals surface area contributed by atoms with E-state index >= 15 is 0 Å². The van der Waals surface area contributed by atoms with Crippen LogP contribution in [0.1, 0.15) is 5.89 Å². The van der Waals surface area contributed by atoms with Crippen LogP contribution in [0.5, 0.6) is 0 Å². The summed E-state index contributed by atoms with van der Waals surface area (Å²) in [7, 11) is 0. The molecule has 2 heterocycles. The minimum atomic E-state index is -0.416. The van der Waals surface area contributed by atoms with E-state index in [4.69, 9.17) is 8.83 Å². The lowest BCUT2D eigenvalue weighted by molar-refractivity contribution is 0.462. The maximum atomic E-state index is 11.9. The molecule has 4 rings (SSSR count). The fraction of sp³-hybridized carbons (Fsp3) is 0.0588. The molecule has 5 nitrogen and oxygen atoms in total. The number of hydrogen-bond donors (Lipinski definition) is 0. The lowest BCUT2D eigenvalue weighted by Gasteiger charge is -1.98. The van der Waals surface area contributed by atoms with Gasteiger partial charge in [-0.05, 0) is 12.1 Å². The van der Waals surface area contributed by atoms with E-state index in [0.29, 0.717) is 17.2 Å². The highest BCUT2D eigenvalue weighted by Crippen LogP contribution is 2.21. The summed E-state index contributed by atoms with van der Waals surface area (Å²) >= 11 is 0. The van der Waals surface area contributed by atoms with Gasteiger partial charge in [0, 0.05) is 5.56 Å². The van der Waals surface area contributed by atoms with E-state index in [1.807, 2.05) is 48.5 Å². The van der Waals surface area contributed by atoms with Crippen molar-refractivity contribution >= 4 is 11.1 Å². The molecule has 22 heavy (non-hydrogen) atoms. The molecule has 2 aromatic heterocycles. The lowest BCUT2D eigenvalue weighted by atomic mass is 10.2. The topological polar surface area (TPSA) is 61.2 Å². The van der Waals surface area contributed by atoms with Gasteiger partial charge >= 0.3 is 5.76 Å². The standard InChI is InChI=1S/C17H12N2O3/c20-17-19(13-8-4-5-9-14(13)22-17)11-16-18-10-15(21-16)12-6-2-1-3-7-12/h1-10H,11H2. The fourth-order valence-electron chi connectivity index (χ4n) is 2.42. The quantitative estimate of drug-likeness (QED) is 0.581. The molecule has 0 N–H and O–H groups in total. The molecule has 0 amide bonds. The Kier molecular flexibility index (Phi) is 2.89. The van der Waals surface area contributed by atoms with E-state index in [1.54, 1.807) is 12.3 Å². The maximum Gasteiger partial charge on any atom is 0.420 e. The zero-order valence-electron chi connectivity index (χ0n) is 11.6. The van der Waals surface area contributed by atoms with Gasteiger partial charge in [0.2, 0.25) is 5.89 Å². The summed E-state index contributed by atoms with van der Waals surface area (Å²) < 4.78 is 12.4. The van der Waals surface area contributed by atoms with Crippen LogP contribution >= 0.6 is 0 Å². The van der Waals surface area contributed by atoms with Crippen LogP contribution in [0.3, 0.4) is 0 Å². The first-order valence-electron chi connectivity index (χ1n) is 6.90. The molecule has 0 spiro atoms. The van der Waals surface area contributed by atoms with E-state index in [9.17, 15) is 4.79 Å². The summed E-state index contributed by atoms with van der Waals surface area (Å²) in [4.78, 5) is 16.2. The van der Waals surface area contributed by atoms with Crippen LogP contribution in [0, 0.1) is 0 Å². The smallest absolute Gasteiger partial charge is 0.420 e. The SMILES string of the molecule is O=c1oc2ccccc2n1Cc1ncc(-c2ccccc2)o1. The average molecular weight is 292 g/mol. The molecule has 0 aliphatic rings. The second-order valence-electron chi connectivity index (χ2n) is 4.91.